The van der Waals surface area contributed by atoms with Crippen molar-refractivity contribution in [3.63, 3.8) is 0 Å². The molecule has 1 aromatic rings. The zero-order chi connectivity index (χ0) is 13.3. The van der Waals surface area contributed by atoms with Gasteiger partial charge in [0.15, 0.2) is 0 Å². The van der Waals surface area contributed by atoms with Crippen LogP contribution in [0.4, 0.5) is 5.13 Å². The second-order valence-electron chi connectivity index (χ2n) is 5.78. The van der Waals surface area contributed by atoms with E-state index in [-0.39, 0.29) is 5.60 Å². The molecule has 0 aromatic carbocycles. The van der Waals surface area contributed by atoms with Gasteiger partial charge in [0.25, 0.3) is 0 Å². The molecule has 0 amide bonds. The van der Waals surface area contributed by atoms with E-state index < -0.39 is 0 Å². The van der Waals surface area contributed by atoms with Crippen molar-refractivity contribution in [3.05, 3.63) is 5.82 Å². The lowest BCUT2D eigenvalue weighted by Crippen LogP contribution is -2.44. The summed E-state index contributed by atoms with van der Waals surface area (Å²) in [5, 5.41) is 4.53. The Labute approximate surface area is 122 Å². The third kappa shape index (κ3) is 3.06. The van der Waals surface area contributed by atoms with Crippen LogP contribution >= 0.6 is 23.3 Å². The molecule has 1 spiro atoms. The Hall–Kier alpha value is -0.330. The minimum atomic E-state index is 0.131. The zero-order valence-electron chi connectivity index (χ0n) is 11.5. The fraction of sp³-hybridized carbons (Fsp3) is 0.846. The second kappa shape index (κ2) is 5.58. The summed E-state index contributed by atoms with van der Waals surface area (Å²) in [4.78, 5) is 4.57. The Kier molecular flexibility index (Phi) is 4.01. The van der Waals surface area contributed by atoms with Crippen LogP contribution in [0.3, 0.4) is 0 Å². The topological polar surface area (TPSA) is 47.0 Å². The van der Waals surface area contributed by atoms with Crippen LogP contribution in [0.25, 0.3) is 0 Å². The first-order valence-electron chi connectivity index (χ1n) is 6.99. The predicted molar refractivity (Wildman–Crippen MR) is 81.3 cm³/mol. The van der Waals surface area contributed by atoms with Gasteiger partial charge in [0.2, 0.25) is 5.13 Å². The molecule has 2 saturated heterocycles. The Morgan fingerprint density at radius 1 is 1.47 bits per heavy atom. The van der Waals surface area contributed by atoms with E-state index in [0.29, 0.717) is 12.0 Å². The summed E-state index contributed by atoms with van der Waals surface area (Å²) in [7, 11) is 0. The molecule has 0 unspecified atom stereocenters. The summed E-state index contributed by atoms with van der Waals surface area (Å²) in [6, 6.07) is 0.486. The van der Waals surface area contributed by atoms with E-state index in [1.165, 1.54) is 23.7 Å². The highest BCUT2D eigenvalue weighted by Gasteiger charge is 2.40. The maximum atomic E-state index is 6.04. The maximum absolute atomic E-state index is 6.04. The molecule has 0 bridgehead atoms. The number of nitrogens with one attached hydrogen (secondary N) is 1. The minimum Gasteiger partial charge on any atom is -0.374 e. The number of ether oxygens (including phenoxy) is 1. The molecule has 1 aromatic heterocycles. The first-order valence-corrected chi connectivity index (χ1v) is 8.91. The van der Waals surface area contributed by atoms with Gasteiger partial charge in [0.05, 0.1) is 5.60 Å². The van der Waals surface area contributed by atoms with E-state index in [1.54, 1.807) is 0 Å². The van der Waals surface area contributed by atoms with Gasteiger partial charge in [-0.3, -0.25) is 0 Å². The zero-order valence-corrected chi connectivity index (χ0v) is 13.1. The van der Waals surface area contributed by atoms with Crippen molar-refractivity contribution in [2.75, 3.05) is 23.4 Å². The number of hydrogen-bond acceptors (Lipinski definition) is 6. The molecule has 2 aliphatic rings. The number of thioether (sulfide) groups is 1. The van der Waals surface area contributed by atoms with Crippen molar-refractivity contribution in [2.45, 2.75) is 50.7 Å². The molecule has 106 valence electrons. The second-order valence-corrected chi connectivity index (χ2v) is 7.64. The van der Waals surface area contributed by atoms with E-state index in [1.807, 2.05) is 11.8 Å². The highest BCUT2D eigenvalue weighted by atomic mass is 32.2. The largest absolute Gasteiger partial charge is 0.374 e. The molecule has 0 aliphatic carbocycles. The minimum absolute atomic E-state index is 0.131. The molecule has 1 N–H and O–H groups in total. The van der Waals surface area contributed by atoms with Crippen molar-refractivity contribution in [1.29, 1.82) is 0 Å². The normalized spacial score (nSPS) is 31.2. The fourth-order valence-electron chi connectivity index (χ4n) is 2.72. The van der Waals surface area contributed by atoms with E-state index in [2.05, 4.69) is 28.5 Å². The molecule has 2 fully saturated rings. The van der Waals surface area contributed by atoms with Crippen LogP contribution < -0.4 is 5.32 Å². The molecule has 4 nitrogen and oxygen atoms in total. The van der Waals surface area contributed by atoms with Crippen LogP contribution in [-0.2, 0) is 4.74 Å². The van der Waals surface area contributed by atoms with Gasteiger partial charge < -0.3 is 10.1 Å². The molecule has 6 heteroatoms. The Morgan fingerprint density at radius 2 is 2.37 bits per heavy atom. The monoisotopic (exact) mass is 299 g/mol. The van der Waals surface area contributed by atoms with Crippen molar-refractivity contribution in [1.82, 2.24) is 9.36 Å². The van der Waals surface area contributed by atoms with Crippen molar-refractivity contribution >= 4 is 28.4 Å². The predicted octanol–water partition coefficient (Wildman–Crippen LogP) is 3.13. The third-order valence-electron chi connectivity index (χ3n) is 3.85. The van der Waals surface area contributed by atoms with Gasteiger partial charge in [-0.25, -0.2) is 4.98 Å². The van der Waals surface area contributed by atoms with Gasteiger partial charge in [0, 0.05) is 35.9 Å². The highest BCUT2D eigenvalue weighted by molar-refractivity contribution is 7.99. The molecular weight excluding hydrogens is 278 g/mol. The number of nitrogens with zero attached hydrogens (tertiary/aromatic N) is 2. The Morgan fingerprint density at radius 3 is 3.05 bits per heavy atom. The lowest BCUT2D eigenvalue weighted by atomic mass is 9.90. The molecule has 3 heterocycles. The Balaban J connectivity index is 1.62. The van der Waals surface area contributed by atoms with Crippen molar-refractivity contribution in [3.8, 4) is 0 Å². The smallest absolute Gasteiger partial charge is 0.202 e. The summed E-state index contributed by atoms with van der Waals surface area (Å²) in [6.45, 7) is 5.13. The average molecular weight is 299 g/mol. The van der Waals surface area contributed by atoms with Gasteiger partial charge in [0.1, 0.15) is 5.82 Å². The lowest BCUT2D eigenvalue weighted by molar-refractivity contribution is -0.0628. The third-order valence-corrected chi connectivity index (χ3v) is 5.73. The van der Waals surface area contributed by atoms with Crippen LogP contribution in [0.15, 0.2) is 0 Å². The molecule has 2 atom stereocenters. The number of hydrogen-bond donors (Lipinski definition) is 1. The quantitative estimate of drug-likeness (QED) is 0.929. The van der Waals surface area contributed by atoms with E-state index in [9.17, 15) is 0 Å². The number of aromatic nitrogens is 2. The Bertz CT molecular complexity index is 429. The standard InChI is InChI=1S/C13H21N3OS2/c1-9(2)11-15-12(19-16-11)14-10-3-5-17-13(7-10)4-6-18-8-13/h9-10H,3-8H2,1-2H3,(H,14,15,16)/t10-,13-/m0/s1. The molecule has 3 rings (SSSR count). The van der Waals surface area contributed by atoms with Gasteiger partial charge in [-0.05, 0) is 25.0 Å². The van der Waals surface area contributed by atoms with Crippen LogP contribution in [0, 0.1) is 0 Å². The molecule has 2 aliphatic heterocycles. The molecule has 19 heavy (non-hydrogen) atoms. The van der Waals surface area contributed by atoms with E-state index in [4.69, 9.17) is 4.74 Å². The maximum Gasteiger partial charge on any atom is 0.202 e. The van der Waals surface area contributed by atoms with E-state index >= 15 is 0 Å². The van der Waals surface area contributed by atoms with Gasteiger partial charge >= 0.3 is 0 Å². The lowest BCUT2D eigenvalue weighted by Gasteiger charge is -2.37. The summed E-state index contributed by atoms with van der Waals surface area (Å²) < 4.78 is 10.4. The molecule has 0 radical (unpaired) electrons. The van der Waals surface area contributed by atoms with Crippen LogP contribution in [0.2, 0.25) is 0 Å². The van der Waals surface area contributed by atoms with Gasteiger partial charge in [-0.2, -0.15) is 16.1 Å². The van der Waals surface area contributed by atoms with Gasteiger partial charge in [-0.1, -0.05) is 13.8 Å². The molecule has 0 saturated carbocycles. The number of rotatable bonds is 3. The van der Waals surface area contributed by atoms with E-state index in [0.717, 1.165) is 36.2 Å². The number of anilines is 1. The summed E-state index contributed by atoms with van der Waals surface area (Å²) in [6.07, 6.45) is 3.38. The summed E-state index contributed by atoms with van der Waals surface area (Å²) in [5.41, 5.74) is 0.131. The average Bonchev–Trinajstić information content (AvgIpc) is 3.00. The van der Waals surface area contributed by atoms with Crippen molar-refractivity contribution in [2.24, 2.45) is 0 Å². The SMILES string of the molecule is CC(C)c1nsc(N[C@H]2CCO[C@@]3(CCSC3)C2)n1. The summed E-state index contributed by atoms with van der Waals surface area (Å²) in [5.74, 6) is 3.74. The highest BCUT2D eigenvalue weighted by Crippen LogP contribution is 2.39. The summed E-state index contributed by atoms with van der Waals surface area (Å²) >= 11 is 3.50. The molecular formula is C13H21N3OS2. The fourth-order valence-corrected chi connectivity index (χ4v) is 4.88. The van der Waals surface area contributed by atoms with Crippen molar-refractivity contribution < 1.29 is 4.74 Å². The van der Waals surface area contributed by atoms with Crippen LogP contribution in [0.5, 0.6) is 0 Å². The van der Waals surface area contributed by atoms with Crippen LogP contribution in [0.1, 0.15) is 44.9 Å². The van der Waals surface area contributed by atoms with Gasteiger partial charge in [-0.15, -0.1) is 0 Å². The first kappa shape index (κ1) is 13.6. The van der Waals surface area contributed by atoms with Crippen LogP contribution in [-0.4, -0.2) is 39.1 Å². The first-order chi connectivity index (χ1) is 9.17.